The number of hydrogen-bond acceptors (Lipinski definition) is 2. The van der Waals surface area contributed by atoms with Gasteiger partial charge in [0.15, 0.2) is 0 Å². The lowest BCUT2D eigenvalue weighted by atomic mass is 9.98. The molecular formula is C12H25NO. The van der Waals surface area contributed by atoms with Crippen molar-refractivity contribution in [3.05, 3.63) is 11.6 Å². The highest BCUT2D eigenvalue weighted by molar-refractivity contribution is 5.04. The van der Waals surface area contributed by atoms with Crippen LogP contribution >= 0.6 is 0 Å². The van der Waals surface area contributed by atoms with Gasteiger partial charge in [0, 0.05) is 6.61 Å². The Morgan fingerprint density at radius 3 is 2.21 bits per heavy atom. The van der Waals surface area contributed by atoms with Gasteiger partial charge >= 0.3 is 0 Å². The zero-order valence-corrected chi connectivity index (χ0v) is 10.4. The van der Waals surface area contributed by atoms with E-state index in [-0.39, 0.29) is 6.10 Å². The van der Waals surface area contributed by atoms with Crippen LogP contribution in [0.1, 0.15) is 34.6 Å². The van der Waals surface area contributed by atoms with E-state index in [9.17, 15) is 0 Å². The summed E-state index contributed by atoms with van der Waals surface area (Å²) in [5, 5.41) is 3.30. The third kappa shape index (κ3) is 4.77. The molecule has 2 heteroatoms. The Labute approximate surface area is 88.7 Å². The van der Waals surface area contributed by atoms with Crippen molar-refractivity contribution in [2.45, 2.75) is 46.8 Å². The Balaban J connectivity index is 4.49. The summed E-state index contributed by atoms with van der Waals surface area (Å²) in [5.74, 6) is 0.531. The maximum absolute atomic E-state index is 5.75. The Bertz CT molecular complexity index is 171. The predicted molar refractivity (Wildman–Crippen MR) is 62.5 cm³/mol. The first-order chi connectivity index (χ1) is 6.52. The highest BCUT2D eigenvalue weighted by Gasteiger charge is 2.21. The lowest BCUT2D eigenvalue weighted by Crippen LogP contribution is -2.41. The molecule has 2 atom stereocenters. The molecule has 0 rings (SSSR count). The highest BCUT2D eigenvalue weighted by atomic mass is 16.5. The van der Waals surface area contributed by atoms with Crippen molar-refractivity contribution in [3.8, 4) is 0 Å². The number of allylic oxidation sites excluding steroid dienone is 1. The number of ether oxygens (including phenoxy) is 1. The molecule has 0 bridgehead atoms. The molecule has 0 spiro atoms. The maximum atomic E-state index is 5.75. The van der Waals surface area contributed by atoms with Gasteiger partial charge in [0.1, 0.15) is 0 Å². The molecule has 0 aliphatic heterocycles. The summed E-state index contributed by atoms with van der Waals surface area (Å²) in [5.41, 5.74) is 1.33. The molecule has 0 radical (unpaired) electrons. The van der Waals surface area contributed by atoms with E-state index in [1.807, 2.05) is 14.0 Å². The van der Waals surface area contributed by atoms with E-state index in [4.69, 9.17) is 4.74 Å². The summed E-state index contributed by atoms with van der Waals surface area (Å²) in [7, 11) is 1.98. The fourth-order valence-corrected chi connectivity index (χ4v) is 1.60. The van der Waals surface area contributed by atoms with Gasteiger partial charge < -0.3 is 10.1 Å². The smallest absolute Gasteiger partial charge is 0.0786 e. The van der Waals surface area contributed by atoms with E-state index in [0.717, 1.165) is 6.61 Å². The molecule has 0 aliphatic rings. The molecule has 0 aliphatic carbocycles. The highest BCUT2D eigenvalue weighted by Crippen LogP contribution is 2.13. The average Bonchev–Trinajstić information content (AvgIpc) is 2.10. The van der Waals surface area contributed by atoms with Gasteiger partial charge in [-0.2, -0.15) is 0 Å². The minimum atomic E-state index is 0.264. The molecule has 0 saturated carbocycles. The molecule has 84 valence electrons. The van der Waals surface area contributed by atoms with Crippen molar-refractivity contribution in [2.24, 2.45) is 5.92 Å². The second-order valence-electron chi connectivity index (χ2n) is 4.22. The lowest BCUT2D eigenvalue weighted by Gasteiger charge is -2.28. The summed E-state index contributed by atoms with van der Waals surface area (Å²) < 4.78 is 5.75. The summed E-state index contributed by atoms with van der Waals surface area (Å²) in [6.07, 6.45) is 2.50. The van der Waals surface area contributed by atoms with Crippen molar-refractivity contribution >= 4 is 0 Å². The molecule has 2 nitrogen and oxygen atoms in total. The number of rotatable bonds is 6. The molecule has 0 heterocycles. The fraction of sp³-hybridized carbons (Fsp3) is 0.833. The van der Waals surface area contributed by atoms with E-state index in [0.29, 0.717) is 12.0 Å². The van der Waals surface area contributed by atoms with Crippen LogP contribution < -0.4 is 5.32 Å². The van der Waals surface area contributed by atoms with Crippen LogP contribution in [-0.4, -0.2) is 25.8 Å². The molecule has 0 aromatic carbocycles. The van der Waals surface area contributed by atoms with E-state index in [1.54, 1.807) is 0 Å². The lowest BCUT2D eigenvalue weighted by molar-refractivity contribution is 0.0159. The van der Waals surface area contributed by atoms with Gasteiger partial charge in [-0.1, -0.05) is 25.5 Å². The normalized spacial score (nSPS) is 15.4. The van der Waals surface area contributed by atoms with Gasteiger partial charge in [-0.3, -0.25) is 0 Å². The molecule has 2 unspecified atom stereocenters. The van der Waals surface area contributed by atoms with Crippen LogP contribution in [-0.2, 0) is 4.74 Å². The Hall–Kier alpha value is -0.340. The third-order valence-electron chi connectivity index (χ3n) is 2.22. The molecule has 0 saturated heterocycles. The second-order valence-corrected chi connectivity index (χ2v) is 4.22. The number of likely N-dealkylation sites (N-methyl/N-ethyl adjacent to an activating group) is 1. The second kappa shape index (κ2) is 7.02. The monoisotopic (exact) mass is 199 g/mol. The first-order valence-corrected chi connectivity index (χ1v) is 5.46. The molecule has 0 aromatic heterocycles. The molecule has 0 aromatic rings. The van der Waals surface area contributed by atoms with Crippen LogP contribution in [0.4, 0.5) is 0 Å². The Kier molecular flexibility index (Phi) is 6.85. The van der Waals surface area contributed by atoms with E-state index < -0.39 is 0 Å². The summed E-state index contributed by atoms with van der Waals surface area (Å²) >= 11 is 0. The Morgan fingerprint density at radius 2 is 1.93 bits per heavy atom. The van der Waals surface area contributed by atoms with Crippen LogP contribution in [0.15, 0.2) is 11.6 Å². The van der Waals surface area contributed by atoms with Crippen LogP contribution in [0.25, 0.3) is 0 Å². The summed E-state index contributed by atoms with van der Waals surface area (Å²) in [4.78, 5) is 0. The van der Waals surface area contributed by atoms with Gasteiger partial charge in [0.05, 0.1) is 12.1 Å². The third-order valence-corrected chi connectivity index (χ3v) is 2.22. The van der Waals surface area contributed by atoms with Gasteiger partial charge in [-0.25, -0.2) is 0 Å². The van der Waals surface area contributed by atoms with E-state index in [2.05, 4.69) is 39.1 Å². The maximum Gasteiger partial charge on any atom is 0.0786 e. The first-order valence-electron chi connectivity index (χ1n) is 5.46. The molecule has 0 amide bonds. The zero-order valence-electron chi connectivity index (χ0n) is 10.4. The van der Waals surface area contributed by atoms with Crippen molar-refractivity contribution < 1.29 is 4.74 Å². The van der Waals surface area contributed by atoms with Crippen LogP contribution in [0, 0.1) is 5.92 Å². The van der Waals surface area contributed by atoms with Gasteiger partial charge in [-0.15, -0.1) is 0 Å². The largest absolute Gasteiger partial charge is 0.376 e. The van der Waals surface area contributed by atoms with Crippen LogP contribution in [0.2, 0.25) is 0 Å². The molecule has 1 N–H and O–H groups in total. The Morgan fingerprint density at radius 1 is 1.36 bits per heavy atom. The van der Waals surface area contributed by atoms with Crippen molar-refractivity contribution in [2.75, 3.05) is 13.7 Å². The number of nitrogens with one attached hydrogen (secondary N) is 1. The fourth-order valence-electron chi connectivity index (χ4n) is 1.60. The van der Waals surface area contributed by atoms with Crippen LogP contribution in [0.5, 0.6) is 0 Å². The van der Waals surface area contributed by atoms with Crippen molar-refractivity contribution in [1.29, 1.82) is 0 Å². The minimum absolute atomic E-state index is 0.264. The number of hydrogen-bond donors (Lipinski definition) is 1. The average molecular weight is 199 g/mol. The molecule has 14 heavy (non-hydrogen) atoms. The minimum Gasteiger partial charge on any atom is -0.376 e. The van der Waals surface area contributed by atoms with Crippen molar-refractivity contribution in [3.63, 3.8) is 0 Å². The van der Waals surface area contributed by atoms with E-state index >= 15 is 0 Å². The summed E-state index contributed by atoms with van der Waals surface area (Å²) in [6.45, 7) is 11.5. The first kappa shape index (κ1) is 13.7. The quantitative estimate of drug-likeness (QED) is 0.664. The van der Waals surface area contributed by atoms with Crippen LogP contribution in [0.3, 0.4) is 0 Å². The van der Waals surface area contributed by atoms with E-state index in [1.165, 1.54) is 5.57 Å². The predicted octanol–water partition coefficient (Wildman–Crippen LogP) is 2.60. The van der Waals surface area contributed by atoms with Gasteiger partial charge in [0.25, 0.3) is 0 Å². The summed E-state index contributed by atoms with van der Waals surface area (Å²) in [6, 6.07) is 0.319. The van der Waals surface area contributed by atoms with Gasteiger partial charge in [0.2, 0.25) is 0 Å². The van der Waals surface area contributed by atoms with Gasteiger partial charge in [-0.05, 0) is 33.7 Å². The molecule has 0 fully saturated rings. The SMILES string of the molecule is CCOC(C(C)C)C(C=C(C)C)NC. The molecular weight excluding hydrogens is 174 g/mol. The van der Waals surface area contributed by atoms with Crippen molar-refractivity contribution in [1.82, 2.24) is 5.32 Å². The topological polar surface area (TPSA) is 21.3 Å². The zero-order chi connectivity index (χ0) is 11.1. The standard InChI is InChI=1S/C12H25NO/c1-7-14-12(10(4)5)11(13-6)8-9(2)3/h8,10-13H,7H2,1-6H3.